The summed E-state index contributed by atoms with van der Waals surface area (Å²) in [6.07, 6.45) is 10.1. The van der Waals surface area contributed by atoms with Crippen molar-refractivity contribution < 1.29 is 0 Å². The van der Waals surface area contributed by atoms with Gasteiger partial charge < -0.3 is 15.5 Å². The molecule has 2 aliphatic carbocycles. The lowest BCUT2D eigenvalue weighted by Crippen LogP contribution is -2.35. The fourth-order valence-electron chi connectivity index (χ4n) is 5.26. The fraction of sp³-hybridized carbons (Fsp3) is 0.545. The lowest BCUT2D eigenvalue weighted by atomic mass is 9.95. The summed E-state index contributed by atoms with van der Waals surface area (Å²) in [6, 6.07) is 2.75. The van der Waals surface area contributed by atoms with Gasteiger partial charge in [0.1, 0.15) is 5.82 Å². The molecular formula is C22H29N7. The molecule has 0 amide bonds. The zero-order valence-corrected chi connectivity index (χ0v) is 17.1. The van der Waals surface area contributed by atoms with Gasteiger partial charge in [0, 0.05) is 49.7 Å². The third-order valence-corrected chi connectivity index (χ3v) is 7.02. The van der Waals surface area contributed by atoms with Gasteiger partial charge in [0.15, 0.2) is 5.82 Å². The smallest absolute Gasteiger partial charge is 0.155 e. The van der Waals surface area contributed by atoms with Gasteiger partial charge in [0.2, 0.25) is 0 Å². The molecule has 7 heteroatoms. The van der Waals surface area contributed by atoms with Crippen molar-refractivity contribution in [1.29, 1.82) is 0 Å². The average Bonchev–Trinajstić information content (AvgIpc) is 3.59. The van der Waals surface area contributed by atoms with E-state index in [1.807, 2.05) is 11.7 Å². The van der Waals surface area contributed by atoms with E-state index in [1.165, 1.54) is 44.3 Å². The number of aryl methyl sites for hydroxylation is 1. The number of nitrogens with one attached hydrogen (secondary N) is 1. The van der Waals surface area contributed by atoms with Crippen LogP contribution in [0, 0.1) is 11.8 Å². The first kappa shape index (κ1) is 17.2. The van der Waals surface area contributed by atoms with E-state index in [4.69, 9.17) is 10.8 Å². The van der Waals surface area contributed by atoms with Crippen LogP contribution in [0.1, 0.15) is 55.5 Å². The molecule has 29 heavy (non-hydrogen) atoms. The first-order valence-electron chi connectivity index (χ1n) is 10.9. The van der Waals surface area contributed by atoms with Gasteiger partial charge >= 0.3 is 0 Å². The maximum Gasteiger partial charge on any atom is 0.155 e. The SMILES string of the molecule is C=C1c2c(N)n[nH]c2C(c2cc(N3CCCC3)n(C)n2)=CN1C(C1CC1)C1CC1. The standard InChI is InChI=1S/C22H29N7/c1-13-19-20(24-25-22(19)23)16(12-29(13)21(14-5-6-14)15-7-8-15)17-11-18(27(2)26-17)28-9-3-4-10-28/h11-12,14-15,21H,1,3-10H2,2H3,(H3,23,24,25). The molecule has 3 fully saturated rings. The lowest BCUT2D eigenvalue weighted by molar-refractivity contribution is 0.307. The van der Waals surface area contributed by atoms with Crippen molar-refractivity contribution in [3.63, 3.8) is 0 Å². The Bertz CT molecular complexity index is 987. The minimum absolute atomic E-state index is 0.529. The molecule has 2 aromatic rings. The second-order valence-electron chi connectivity index (χ2n) is 9.13. The van der Waals surface area contributed by atoms with Crippen LogP contribution in [-0.4, -0.2) is 44.0 Å². The van der Waals surface area contributed by atoms with Crippen LogP contribution in [0.15, 0.2) is 18.8 Å². The van der Waals surface area contributed by atoms with Crippen LogP contribution in [0.25, 0.3) is 11.3 Å². The quantitative estimate of drug-likeness (QED) is 0.818. The molecule has 0 radical (unpaired) electrons. The zero-order valence-electron chi connectivity index (χ0n) is 17.1. The van der Waals surface area contributed by atoms with E-state index < -0.39 is 0 Å². The molecule has 0 bridgehead atoms. The third-order valence-electron chi connectivity index (χ3n) is 7.02. The van der Waals surface area contributed by atoms with Gasteiger partial charge in [-0.05, 0) is 50.4 Å². The summed E-state index contributed by atoms with van der Waals surface area (Å²) in [4.78, 5) is 4.83. The van der Waals surface area contributed by atoms with Crippen LogP contribution in [0.5, 0.6) is 0 Å². The number of fused-ring (bicyclic) bond motifs is 1. The maximum atomic E-state index is 6.28. The monoisotopic (exact) mass is 391 g/mol. The molecule has 4 aliphatic rings. The molecule has 2 aliphatic heterocycles. The van der Waals surface area contributed by atoms with Crippen molar-refractivity contribution in [1.82, 2.24) is 24.9 Å². The van der Waals surface area contributed by atoms with Crippen LogP contribution < -0.4 is 10.6 Å². The molecule has 2 aromatic heterocycles. The van der Waals surface area contributed by atoms with Crippen molar-refractivity contribution in [3.05, 3.63) is 35.8 Å². The number of nitrogens with zero attached hydrogens (tertiary/aromatic N) is 5. The van der Waals surface area contributed by atoms with E-state index in [0.29, 0.717) is 11.9 Å². The molecule has 0 aromatic carbocycles. The first-order valence-corrected chi connectivity index (χ1v) is 10.9. The number of anilines is 2. The summed E-state index contributed by atoms with van der Waals surface area (Å²) in [7, 11) is 2.04. The molecular weight excluding hydrogens is 362 g/mol. The second kappa shape index (κ2) is 6.15. The highest BCUT2D eigenvalue weighted by atomic mass is 15.4. The topological polar surface area (TPSA) is 79.0 Å². The van der Waals surface area contributed by atoms with Gasteiger partial charge in [-0.25, -0.2) is 0 Å². The second-order valence-corrected chi connectivity index (χ2v) is 9.13. The van der Waals surface area contributed by atoms with E-state index in [0.717, 1.165) is 53.1 Å². The molecule has 4 heterocycles. The van der Waals surface area contributed by atoms with Gasteiger partial charge in [-0.15, -0.1) is 0 Å². The number of nitrogens with two attached hydrogens (primary N) is 1. The molecule has 2 saturated carbocycles. The van der Waals surface area contributed by atoms with Crippen LogP contribution in [0.3, 0.4) is 0 Å². The Morgan fingerprint density at radius 3 is 2.52 bits per heavy atom. The Kier molecular flexibility index (Phi) is 3.64. The van der Waals surface area contributed by atoms with Crippen molar-refractivity contribution in [2.75, 3.05) is 23.7 Å². The van der Waals surface area contributed by atoms with Crippen molar-refractivity contribution in [2.45, 2.75) is 44.6 Å². The highest BCUT2D eigenvalue weighted by molar-refractivity contribution is 5.91. The highest BCUT2D eigenvalue weighted by Crippen LogP contribution is 2.51. The first-order chi connectivity index (χ1) is 14.1. The predicted molar refractivity (Wildman–Crippen MR) is 115 cm³/mol. The maximum absolute atomic E-state index is 6.28. The molecule has 0 atom stereocenters. The summed E-state index contributed by atoms with van der Waals surface area (Å²) >= 11 is 0. The number of nitrogen functional groups attached to an aromatic ring is 1. The van der Waals surface area contributed by atoms with E-state index in [1.54, 1.807) is 0 Å². The van der Waals surface area contributed by atoms with Gasteiger partial charge in [0.25, 0.3) is 0 Å². The Morgan fingerprint density at radius 2 is 1.86 bits per heavy atom. The van der Waals surface area contributed by atoms with Gasteiger partial charge in [-0.2, -0.15) is 10.2 Å². The van der Waals surface area contributed by atoms with E-state index in [-0.39, 0.29) is 0 Å². The lowest BCUT2D eigenvalue weighted by Gasteiger charge is -2.36. The summed E-state index contributed by atoms with van der Waals surface area (Å²) in [5, 5.41) is 12.4. The van der Waals surface area contributed by atoms with Gasteiger partial charge in [-0.1, -0.05) is 6.58 Å². The normalized spacial score (nSPS) is 21.9. The Hall–Kier alpha value is -2.70. The van der Waals surface area contributed by atoms with Crippen LogP contribution >= 0.6 is 0 Å². The van der Waals surface area contributed by atoms with Crippen molar-refractivity contribution >= 4 is 22.9 Å². The number of aromatic amines is 1. The van der Waals surface area contributed by atoms with Crippen LogP contribution in [-0.2, 0) is 7.05 Å². The Labute approximate surface area is 171 Å². The number of hydrogen-bond donors (Lipinski definition) is 2. The van der Waals surface area contributed by atoms with E-state index in [2.05, 4.69) is 38.8 Å². The van der Waals surface area contributed by atoms with E-state index in [9.17, 15) is 0 Å². The molecule has 7 nitrogen and oxygen atoms in total. The summed E-state index contributed by atoms with van der Waals surface area (Å²) in [5.74, 6) is 3.26. The van der Waals surface area contributed by atoms with Gasteiger partial charge in [0.05, 0.1) is 17.0 Å². The van der Waals surface area contributed by atoms with E-state index >= 15 is 0 Å². The molecule has 6 rings (SSSR count). The number of rotatable bonds is 5. The van der Waals surface area contributed by atoms with Crippen LogP contribution in [0.4, 0.5) is 11.6 Å². The van der Waals surface area contributed by atoms with Crippen molar-refractivity contribution in [3.8, 4) is 0 Å². The molecule has 152 valence electrons. The minimum Gasteiger partial charge on any atom is -0.382 e. The molecule has 1 saturated heterocycles. The minimum atomic E-state index is 0.529. The average molecular weight is 392 g/mol. The Morgan fingerprint density at radius 1 is 1.17 bits per heavy atom. The number of aromatic nitrogens is 4. The van der Waals surface area contributed by atoms with Crippen molar-refractivity contribution in [2.24, 2.45) is 18.9 Å². The predicted octanol–water partition coefficient (Wildman–Crippen LogP) is 3.19. The summed E-state index contributed by atoms with van der Waals surface area (Å²) in [5.41, 5.74) is 11.2. The molecule has 0 unspecified atom stereocenters. The number of H-pyrrole nitrogens is 1. The molecule has 0 spiro atoms. The zero-order chi connectivity index (χ0) is 19.7. The van der Waals surface area contributed by atoms with Crippen LogP contribution in [0.2, 0.25) is 0 Å². The van der Waals surface area contributed by atoms with Gasteiger partial charge in [-0.3, -0.25) is 9.78 Å². The fourth-order valence-corrected chi connectivity index (χ4v) is 5.26. The molecule has 3 N–H and O–H groups in total. The number of hydrogen-bond acceptors (Lipinski definition) is 5. The Balaban J connectivity index is 1.45. The summed E-state index contributed by atoms with van der Waals surface area (Å²) < 4.78 is 2.01. The highest BCUT2D eigenvalue weighted by Gasteiger charge is 2.46. The third kappa shape index (κ3) is 2.70. The largest absolute Gasteiger partial charge is 0.382 e. The summed E-state index contributed by atoms with van der Waals surface area (Å²) in [6.45, 7) is 6.64.